The highest BCUT2D eigenvalue weighted by Gasteiger charge is 2.25. The number of hydrogen-bond donors (Lipinski definition) is 1. The van der Waals surface area contributed by atoms with Gasteiger partial charge in [0.05, 0.1) is 12.2 Å². The van der Waals surface area contributed by atoms with Crippen LogP contribution in [0.15, 0.2) is 0 Å². The highest BCUT2D eigenvalue weighted by Crippen LogP contribution is 2.12. The van der Waals surface area contributed by atoms with Gasteiger partial charge in [-0.3, -0.25) is 4.90 Å². The number of ether oxygens (including phenoxy) is 1. The van der Waals surface area contributed by atoms with E-state index in [1.165, 1.54) is 0 Å². The van der Waals surface area contributed by atoms with Crippen molar-refractivity contribution in [2.75, 3.05) is 26.2 Å². The second kappa shape index (κ2) is 5.69. The molecule has 0 saturated carbocycles. The largest absolute Gasteiger partial charge is 0.373 e. The van der Waals surface area contributed by atoms with Crippen molar-refractivity contribution in [3.8, 4) is 0 Å². The molecule has 1 aliphatic heterocycles. The summed E-state index contributed by atoms with van der Waals surface area (Å²) in [4.78, 5) is 2.52. The lowest BCUT2D eigenvalue weighted by Crippen LogP contribution is -2.51. The van der Waals surface area contributed by atoms with Crippen LogP contribution in [-0.4, -0.2) is 49.3 Å². The molecule has 14 heavy (non-hydrogen) atoms. The molecule has 84 valence electrons. The Morgan fingerprint density at radius 1 is 1.36 bits per heavy atom. The first kappa shape index (κ1) is 12.0. The smallest absolute Gasteiger partial charge is 0.0678 e. The summed E-state index contributed by atoms with van der Waals surface area (Å²) >= 11 is 0. The normalized spacial score (nSPS) is 31.7. The summed E-state index contributed by atoms with van der Waals surface area (Å²) in [7, 11) is 0. The zero-order chi connectivity index (χ0) is 10.6. The standard InChI is InChI=1S/C11H24N2O/c1-5-12-6-9(2)13-7-10(3)14-11(4)8-13/h9-12H,5-8H2,1-4H3/t9?,10-,11+. The molecule has 0 amide bonds. The first-order chi connectivity index (χ1) is 6.63. The summed E-state index contributed by atoms with van der Waals surface area (Å²) in [6, 6.07) is 0.615. The van der Waals surface area contributed by atoms with Gasteiger partial charge in [-0.2, -0.15) is 0 Å². The minimum atomic E-state index is 0.378. The van der Waals surface area contributed by atoms with Crippen LogP contribution in [0.4, 0.5) is 0 Å². The van der Waals surface area contributed by atoms with E-state index >= 15 is 0 Å². The second-order valence-corrected chi connectivity index (χ2v) is 4.37. The number of hydrogen-bond acceptors (Lipinski definition) is 3. The molecular weight excluding hydrogens is 176 g/mol. The molecule has 3 nitrogen and oxygen atoms in total. The Bertz CT molecular complexity index is 153. The van der Waals surface area contributed by atoms with Crippen LogP contribution >= 0.6 is 0 Å². The molecule has 3 heteroatoms. The highest BCUT2D eigenvalue weighted by molar-refractivity contribution is 4.78. The van der Waals surface area contributed by atoms with Crippen molar-refractivity contribution in [2.24, 2.45) is 0 Å². The molecule has 1 N–H and O–H groups in total. The molecule has 1 aliphatic rings. The van der Waals surface area contributed by atoms with Crippen molar-refractivity contribution < 1.29 is 4.74 Å². The predicted molar refractivity (Wildman–Crippen MR) is 59.6 cm³/mol. The molecule has 0 aromatic heterocycles. The van der Waals surface area contributed by atoms with Crippen LogP contribution in [0.25, 0.3) is 0 Å². The van der Waals surface area contributed by atoms with Gasteiger partial charge in [-0.15, -0.1) is 0 Å². The van der Waals surface area contributed by atoms with Crippen LogP contribution in [0.2, 0.25) is 0 Å². The van der Waals surface area contributed by atoms with Crippen LogP contribution in [0.3, 0.4) is 0 Å². The van der Waals surface area contributed by atoms with Gasteiger partial charge in [-0.1, -0.05) is 6.92 Å². The van der Waals surface area contributed by atoms with Crippen LogP contribution in [-0.2, 0) is 4.74 Å². The van der Waals surface area contributed by atoms with Crippen molar-refractivity contribution in [1.82, 2.24) is 10.2 Å². The maximum absolute atomic E-state index is 5.71. The maximum atomic E-state index is 5.71. The minimum absolute atomic E-state index is 0.378. The van der Waals surface area contributed by atoms with Crippen molar-refractivity contribution in [1.29, 1.82) is 0 Å². The van der Waals surface area contributed by atoms with E-state index in [1.54, 1.807) is 0 Å². The summed E-state index contributed by atoms with van der Waals surface area (Å²) in [5.74, 6) is 0. The Morgan fingerprint density at radius 3 is 2.43 bits per heavy atom. The van der Waals surface area contributed by atoms with Gasteiger partial charge in [0.2, 0.25) is 0 Å². The number of nitrogens with one attached hydrogen (secondary N) is 1. The molecule has 1 rings (SSSR count). The summed E-state index contributed by atoms with van der Waals surface area (Å²) in [5, 5.41) is 3.39. The Kier molecular flexibility index (Phi) is 4.85. The van der Waals surface area contributed by atoms with Gasteiger partial charge < -0.3 is 10.1 Å². The first-order valence-electron chi connectivity index (χ1n) is 5.73. The highest BCUT2D eigenvalue weighted by atomic mass is 16.5. The minimum Gasteiger partial charge on any atom is -0.373 e. The molecule has 3 atom stereocenters. The van der Waals surface area contributed by atoms with Gasteiger partial charge in [-0.05, 0) is 27.3 Å². The number of nitrogens with zero attached hydrogens (tertiary/aromatic N) is 1. The average molecular weight is 200 g/mol. The van der Waals surface area contributed by atoms with Crippen LogP contribution in [0.5, 0.6) is 0 Å². The van der Waals surface area contributed by atoms with Gasteiger partial charge in [-0.25, -0.2) is 0 Å². The Balaban J connectivity index is 2.34. The summed E-state index contributed by atoms with van der Waals surface area (Å²) in [5.41, 5.74) is 0. The van der Waals surface area contributed by atoms with E-state index in [-0.39, 0.29) is 0 Å². The molecule has 1 fully saturated rings. The zero-order valence-corrected chi connectivity index (χ0v) is 9.92. The van der Waals surface area contributed by atoms with Gasteiger partial charge in [0.15, 0.2) is 0 Å². The molecule has 0 radical (unpaired) electrons. The third kappa shape index (κ3) is 3.56. The van der Waals surface area contributed by atoms with E-state index in [0.717, 1.165) is 26.2 Å². The van der Waals surface area contributed by atoms with Crippen LogP contribution < -0.4 is 5.32 Å². The molecule has 0 bridgehead atoms. The molecule has 1 unspecified atom stereocenters. The fourth-order valence-electron chi connectivity index (χ4n) is 2.06. The molecule has 1 saturated heterocycles. The van der Waals surface area contributed by atoms with Gasteiger partial charge >= 0.3 is 0 Å². The van der Waals surface area contributed by atoms with E-state index in [0.29, 0.717) is 18.2 Å². The van der Waals surface area contributed by atoms with Gasteiger partial charge in [0.1, 0.15) is 0 Å². The topological polar surface area (TPSA) is 24.5 Å². The van der Waals surface area contributed by atoms with Crippen molar-refractivity contribution in [2.45, 2.75) is 45.9 Å². The second-order valence-electron chi connectivity index (χ2n) is 4.37. The Labute approximate surface area is 87.8 Å². The Hall–Kier alpha value is -0.120. The molecule has 0 spiro atoms. The third-order valence-electron chi connectivity index (χ3n) is 2.76. The third-order valence-corrected chi connectivity index (χ3v) is 2.76. The fourth-order valence-corrected chi connectivity index (χ4v) is 2.06. The van der Waals surface area contributed by atoms with Gasteiger partial charge in [0, 0.05) is 25.7 Å². The predicted octanol–water partition coefficient (Wildman–Crippen LogP) is 1.09. The van der Waals surface area contributed by atoms with Crippen molar-refractivity contribution in [3.63, 3.8) is 0 Å². The lowest BCUT2D eigenvalue weighted by molar-refractivity contribution is -0.0780. The molecular formula is C11H24N2O. The first-order valence-corrected chi connectivity index (χ1v) is 5.73. The van der Waals surface area contributed by atoms with Crippen LogP contribution in [0.1, 0.15) is 27.7 Å². The van der Waals surface area contributed by atoms with E-state index in [2.05, 4.69) is 37.9 Å². The van der Waals surface area contributed by atoms with E-state index in [9.17, 15) is 0 Å². The monoisotopic (exact) mass is 200 g/mol. The van der Waals surface area contributed by atoms with E-state index < -0.39 is 0 Å². The van der Waals surface area contributed by atoms with E-state index in [1.807, 2.05) is 0 Å². The fraction of sp³-hybridized carbons (Fsp3) is 1.00. The zero-order valence-electron chi connectivity index (χ0n) is 9.92. The quantitative estimate of drug-likeness (QED) is 0.735. The summed E-state index contributed by atoms with van der Waals surface area (Å²) in [6.07, 6.45) is 0.755. The Morgan fingerprint density at radius 2 is 1.93 bits per heavy atom. The van der Waals surface area contributed by atoms with Crippen molar-refractivity contribution in [3.05, 3.63) is 0 Å². The summed E-state index contributed by atoms with van der Waals surface area (Å²) in [6.45, 7) is 13.0. The van der Waals surface area contributed by atoms with Crippen LogP contribution in [0, 0.1) is 0 Å². The van der Waals surface area contributed by atoms with Crippen molar-refractivity contribution >= 4 is 0 Å². The maximum Gasteiger partial charge on any atom is 0.0678 e. The van der Waals surface area contributed by atoms with Gasteiger partial charge in [0.25, 0.3) is 0 Å². The molecule has 0 aliphatic carbocycles. The number of likely N-dealkylation sites (N-methyl/N-ethyl adjacent to an activating group) is 1. The number of rotatable bonds is 4. The van der Waals surface area contributed by atoms with E-state index in [4.69, 9.17) is 4.74 Å². The number of morpholine rings is 1. The average Bonchev–Trinajstić information content (AvgIpc) is 2.12. The summed E-state index contributed by atoms with van der Waals surface area (Å²) < 4.78 is 5.71. The lowest BCUT2D eigenvalue weighted by Gasteiger charge is -2.39. The molecule has 1 heterocycles. The molecule has 0 aromatic rings. The lowest BCUT2D eigenvalue weighted by atomic mass is 10.2. The SMILES string of the molecule is CCNCC(C)N1C[C@@H](C)O[C@@H](C)C1. The molecule has 0 aromatic carbocycles.